The van der Waals surface area contributed by atoms with Crippen molar-refractivity contribution in [2.45, 2.75) is 50.7 Å². The van der Waals surface area contributed by atoms with Crippen LogP contribution in [-0.4, -0.2) is 83.5 Å². The van der Waals surface area contributed by atoms with Gasteiger partial charge in [-0.15, -0.1) is 0 Å². The lowest BCUT2D eigenvalue weighted by atomic mass is 9.92. The van der Waals surface area contributed by atoms with Gasteiger partial charge in [-0.25, -0.2) is 0 Å². The lowest BCUT2D eigenvalue weighted by molar-refractivity contribution is -0.133. The van der Waals surface area contributed by atoms with Crippen LogP contribution in [0, 0.1) is 5.92 Å². The highest BCUT2D eigenvalue weighted by Crippen LogP contribution is 2.36. The maximum absolute atomic E-state index is 13.2. The molecule has 2 aromatic carbocycles. The van der Waals surface area contributed by atoms with Gasteiger partial charge in [-0.1, -0.05) is 35.3 Å². The van der Waals surface area contributed by atoms with Gasteiger partial charge < -0.3 is 19.8 Å². The van der Waals surface area contributed by atoms with Crippen LogP contribution in [0.3, 0.4) is 0 Å². The topological polar surface area (TPSA) is 64.1 Å². The average Bonchev–Trinajstić information content (AvgIpc) is 3.26. The number of carbonyl (C=O) groups is 2. The second-order valence-corrected chi connectivity index (χ2v) is 11.6. The van der Waals surface area contributed by atoms with Crippen LogP contribution in [0.2, 0.25) is 10.0 Å². The Balaban J connectivity index is 1.25. The smallest absolute Gasteiger partial charge is 0.253 e. The zero-order chi connectivity index (χ0) is 26.1. The molecule has 2 amide bonds. The van der Waals surface area contributed by atoms with Gasteiger partial charge in [0.1, 0.15) is 0 Å². The van der Waals surface area contributed by atoms with Crippen molar-refractivity contribution in [1.29, 1.82) is 0 Å². The van der Waals surface area contributed by atoms with Gasteiger partial charge in [-0.3, -0.25) is 9.59 Å². The van der Waals surface area contributed by atoms with E-state index in [0.29, 0.717) is 22.0 Å². The van der Waals surface area contributed by atoms with Gasteiger partial charge in [-0.2, -0.15) is 0 Å². The summed E-state index contributed by atoms with van der Waals surface area (Å²) in [4.78, 5) is 32.2. The quantitative estimate of drug-likeness (QED) is 0.591. The molecule has 6 nitrogen and oxygen atoms in total. The van der Waals surface area contributed by atoms with E-state index in [4.69, 9.17) is 23.2 Å². The number of carbonyl (C=O) groups excluding carboxylic acids is 2. The Bertz CT molecular complexity index is 1120. The number of benzene rings is 2. The molecule has 0 unspecified atom stereocenters. The van der Waals surface area contributed by atoms with E-state index in [-0.39, 0.29) is 29.9 Å². The van der Waals surface area contributed by atoms with Crippen LogP contribution in [0.25, 0.3) is 11.1 Å². The number of nitrogens with zero attached hydrogens (tertiary/aromatic N) is 3. The third-order valence-electron chi connectivity index (χ3n) is 8.31. The van der Waals surface area contributed by atoms with E-state index in [1.165, 1.54) is 0 Å². The number of aliphatic hydroxyl groups is 1. The maximum atomic E-state index is 13.2. The second-order valence-electron chi connectivity index (χ2n) is 10.8. The van der Waals surface area contributed by atoms with Gasteiger partial charge in [0.25, 0.3) is 5.91 Å². The van der Waals surface area contributed by atoms with E-state index in [1.54, 1.807) is 0 Å². The molecule has 0 aromatic heterocycles. The Labute approximate surface area is 229 Å². The number of hydrogen-bond acceptors (Lipinski definition) is 4. The van der Waals surface area contributed by atoms with E-state index >= 15 is 0 Å². The first-order chi connectivity index (χ1) is 17.8. The molecule has 1 saturated carbocycles. The van der Waals surface area contributed by atoms with Crippen LogP contribution in [0.5, 0.6) is 0 Å². The Morgan fingerprint density at radius 1 is 0.892 bits per heavy atom. The molecule has 5 rings (SSSR count). The molecule has 1 N–H and O–H groups in total. The van der Waals surface area contributed by atoms with E-state index in [2.05, 4.69) is 11.9 Å². The van der Waals surface area contributed by atoms with Gasteiger partial charge in [0, 0.05) is 60.3 Å². The fourth-order valence-corrected chi connectivity index (χ4v) is 6.53. The van der Waals surface area contributed by atoms with Gasteiger partial charge in [0.15, 0.2) is 0 Å². The van der Waals surface area contributed by atoms with Gasteiger partial charge in [-0.05, 0) is 86.5 Å². The molecular formula is C29H35Cl2N3O3. The molecule has 37 heavy (non-hydrogen) atoms. The van der Waals surface area contributed by atoms with E-state index in [0.717, 1.165) is 81.5 Å². The normalized spacial score (nSPS) is 25.1. The number of amides is 2. The molecule has 1 aliphatic carbocycles. The zero-order valence-electron chi connectivity index (χ0n) is 21.3. The van der Waals surface area contributed by atoms with Crippen LogP contribution in [-0.2, 0) is 11.2 Å². The summed E-state index contributed by atoms with van der Waals surface area (Å²) in [6.45, 7) is 4.03. The minimum absolute atomic E-state index is 0.0609. The monoisotopic (exact) mass is 543 g/mol. The van der Waals surface area contributed by atoms with Crippen LogP contribution >= 0.6 is 23.2 Å². The average molecular weight is 545 g/mol. The Kier molecular flexibility index (Phi) is 8.10. The van der Waals surface area contributed by atoms with Crippen molar-refractivity contribution in [3.05, 3.63) is 57.6 Å². The molecule has 2 saturated heterocycles. The first kappa shape index (κ1) is 26.5. The fraction of sp³-hybridized carbons (Fsp3) is 0.517. The number of likely N-dealkylation sites (tertiary alicyclic amines) is 1. The zero-order valence-corrected chi connectivity index (χ0v) is 22.8. The molecule has 3 aliphatic rings. The van der Waals surface area contributed by atoms with E-state index in [9.17, 15) is 14.7 Å². The summed E-state index contributed by atoms with van der Waals surface area (Å²) in [6, 6.07) is 11.6. The summed E-state index contributed by atoms with van der Waals surface area (Å²) in [6.07, 6.45) is 4.38. The van der Waals surface area contributed by atoms with Crippen LogP contribution < -0.4 is 0 Å². The van der Waals surface area contributed by atoms with Crippen LogP contribution in [0.4, 0.5) is 0 Å². The SMILES string of the molecule is CN1CCN(C(=O)c2ccc(-c3cc(Cl)c(C[C@@H]4CCN(C5CCC(O)CC5)C4=O)c(Cl)c3)cc2)CC1. The number of likely N-dealkylation sites (N-methyl/N-ethyl adjacent to an activating group) is 1. The Hall–Kier alpha value is -2.12. The highest BCUT2D eigenvalue weighted by molar-refractivity contribution is 6.36. The van der Waals surface area contributed by atoms with Crippen LogP contribution in [0.1, 0.15) is 48.0 Å². The molecule has 3 fully saturated rings. The van der Waals surface area contributed by atoms with E-state index in [1.807, 2.05) is 46.2 Å². The fourth-order valence-electron chi connectivity index (χ4n) is 5.89. The first-order valence-electron chi connectivity index (χ1n) is 13.3. The molecule has 0 bridgehead atoms. The molecule has 0 spiro atoms. The minimum atomic E-state index is -0.227. The van der Waals surface area contributed by atoms with E-state index < -0.39 is 0 Å². The van der Waals surface area contributed by atoms with Crippen molar-refractivity contribution in [3.8, 4) is 11.1 Å². The number of hydrogen-bond donors (Lipinski definition) is 1. The van der Waals surface area contributed by atoms with Crippen molar-refractivity contribution < 1.29 is 14.7 Å². The van der Waals surface area contributed by atoms with Crippen molar-refractivity contribution in [2.75, 3.05) is 39.8 Å². The van der Waals surface area contributed by atoms with Crippen molar-refractivity contribution in [3.63, 3.8) is 0 Å². The number of halogens is 2. The van der Waals surface area contributed by atoms with Crippen molar-refractivity contribution >= 4 is 35.0 Å². The Morgan fingerprint density at radius 2 is 1.51 bits per heavy atom. The first-order valence-corrected chi connectivity index (χ1v) is 14.1. The highest BCUT2D eigenvalue weighted by Gasteiger charge is 2.37. The summed E-state index contributed by atoms with van der Waals surface area (Å²) in [5.74, 6) is 0.122. The highest BCUT2D eigenvalue weighted by atomic mass is 35.5. The minimum Gasteiger partial charge on any atom is -0.393 e. The molecule has 2 heterocycles. The van der Waals surface area contributed by atoms with Gasteiger partial charge in [0.2, 0.25) is 5.91 Å². The molecule has 8 heteroatoms. The maximum Gasteiger partial charge on any atom is 0.253 e. The summed E-state index contributed by atoms with van der Waals surface area (Å²) in [5.41, 5.74) is 3.32. The lowest BCUT2D eigenvalue weighted by Gasteiger charge is -2.33. The van der Waals surface area contributed by atoms with Crippen LogP contribution in [0.15, 0.2) is 36.4 Å². The Morgan fingerprint density at radius 3 is 2.14 bits per heavy atom. The van der Waals surface area contributed by atoms with Crippen molar-refractivity contribution in [1.82, 2.24) is 14.7 Å². The lowest BCUT2D eigenvalue weighted by Crippen LogP contribution is -2.47. The number of rotatable bonds is 5. The van der Waals surface area contributed by atoms with Crippen molar-refractivity contribution in [2.24, 2.45) is 5.92 Å². The number of aliphatic hydroxyl groups excluding tert-OH is 1. The van der Waals surface area contributed by atoms with Gasteiger partial charge in [0.05, 0.1) is 6.10 Å². The molecule has 0 radical (unpaired) electrons. The summed E-state index contributed by atoms with van der Waals surface area (Å²) in [5, 5.41) is 10.9. The molecule has 1 atom stereocenters. The summed E-state index contributed by atoms with van der Waals surface area (Å²) in [7, 11) is 2.07. The molecular weight excluding hydrogens is 509 g/mol. The van der Waals surface area contributed by atoms with Gasteiger partial charge >= 0.3 is 0 Å². The third kappa shape index (κ3) is 5.83. The molecule has 2 aromatic rings. The second kappa shape index (κ2) is 11.3. The molecule has 2 aliphatic heterocycles. The largest absolute Gasteiger partial charge is 0.393 e. The molecule has 198 valence electrons. The summed E-state index contributed by atoms with van der Waals surface area (Å²) < 4.78 is 0. The predicted molar refractivity (Wildman–Crippen MR) is 147 cm³/mol. The number of piperazine rings is 1. The third-order valence-corrected chi connectivity index (χ3v) is 8.98. The summed E-state index contributed by atoms with van der Waals surface area (Å²) >= 11 is 13.4. The standard InChI is InChI=1S/C29H35Cl2N3O3/c1-32-12-14-33(15-13-32)28(36)20-4-2-19(3-5-20)22-17-26(30)25(27(31)18-22)16-21-10-11-34(29(21)37)23-6-8-24(35)9-7-23/h2-5,17-18,21,23-24,35H,6-16H2,1H3/t21-,23?,24?/m0/s1. The predicted octanol–water partition coefficient (Wildman–Crippen LogP) is 4.74.